The molecule has 0 heterocycles. The minimum Gasteiger partial charge on any atom is -0.313 e. The molecule has 1 aliphatic rings. The number of nitrogens with zero attached hydrogens (tertiary/aromatic N) is 1. The predicted octanol–water partition coefficient (Wildman–Crippen LogP) is 2.98. The molecule has 0 unspecified atom stereocenters. The van der Waals surface area contributed by atoms with E-state index in [1.165, 1.54) is 37.8 Å². The van der Waals surface area contributed by atoms with Gasteiger partial charge in [-0.25, -0.2) is 4.39 Å². The average Bonchev–Trinajstić information content (AvgIpc) is 3.12. The second-order valence-corrected chi connectivity index (χ2v) is 4.72. The number of hydrogen-bond acceptors (Lipinski definition) is 2. The van der Waals surface area contributed by atoms with E-state index in [9.17, 15) is 4.39 Å². The average molecular weight is 232 g/mol. The fraction of sp³-hybridized carbons (Fsp3) is 0.500. The van der Waals surface area contributed by atoms with Crippen molar-refractivity contribution in [2.45, 2.75) is 32.2 Å². The Balaban J connectivity index is 1.73. The van der Waals surface area contributed by atoms with Crippen molar-refractivity contribution in [2.24, 2.45) is 5.92 Å². The number of halogens is 1. The van der Waals surface area contributed by atoms with Crippen molar-refractivity contribution in [1.29, 1.82) is 5.26 Å². The standard InChI is InChI=1S/C14H17FN2/c15-14-7-12(9-16)6-13(8-14)10-17-5-1-2-11-3-4-11/h6-8,11,17H,1-5,10H2. The van der Waals surface area contributed by atoms with Crippen LogP contribution in [0.5, 0.6) is 0 Å². The van der Waals surface area contributed by atoms with Crippen molar-refractivity contribution in [3.63, 3.8) is 0 Å². The van der Waals surface area contributed by atoms with E-state index >= 15 is 0 Å². The summed E-state index contributed by atoms with van der Waals surface area (Å²) in [5.41, 5.74) is 1.23. The number of nitriles is 1. The molecule has 0 amide bonds. The van der Waals surface area contributed by atoms with Crippen LogP contribution in [0.2, 0.25) is 0 Å². The molecule has 1 N–H and O–H groups in total. The van der Waals surface area contributed by atoms with Crippen molar-refractivity contribution in [3.8, 4) is 6.07 Å². The predicted molar refractivity (Wildman–Crippen MR) is 64.8 cm³/mol. The summed E-state index contributed by atoms with van der Waals surface area (Å²) < 4.78 is 13.1. The van der Waals surface area contributed by atoms with Crippen LogP contribution in [-0.4, -0.2) is 6.54 Å². The van der Waals surface area contributed by atoms with Gasteiger partial charge in [0.25, 0.3) is 0 Å². The minimum absolute atomic E-state index is 0.334. The first-order chi connectivity index (χ1) is 8.28. The number of nitrogens with one attached hydrogen (secondary N) is 1. The molecule has 1 aliphatic carbocycles. The smallest absolute Gasteiger partial charge is 0.124 e. The van der Waals surface area contributed by atoms with Crippen molar-refractivity contribution in [1.82, 2.24) is 5.32 Å². The Morgan fingerprint density at radius 3 is 2.88 bits per heavy atom. The van der Waals surface area contributed by atoms with Crippen molar-refractivity contribution < 1.29 is 4.39 Å². The van der Waals surface area contributed by atoms with Gasteiger partial charge < -0.3 is 5.32 Å². The van der Waals surface area contributed by atoms with E-state index in [-0.39, 0.29) is 5.82 Å². The Bertz CT molecular complexity index is 419. The summed E-state index contributed by atoms with van der Waals surface area (Å²) in [6, 6.07) is 6.44. The zero-order valence-electron chi connectivity index (χ0n) is 9.88. The molecular weight excluding hydrogens is 215 g/mol. The lowest BCUT2D eigenvalue weighted by Gasteiger charge is -2.05. The maximum Gasteiger partial charge on any atom is 0.124 e. The third-order valence-corrected chi connectivity index (χ3v) is 3.08. The maximum atomic E-state index is 13.1. The molecule has 1 aromatic rings. The van der Waals surface area contributed by atoms with Crippen LogP contribution in [0.4, 0.5) is 4.39 Å². The van der Waals surface area contributed by atoms with E-state index in [2.05, 4.69) is 5.32 Å². The quantitative estimate of drug-likeness (QED) is 0.765. The molecule has 90 valence electrons. The largest absolute Gasteiger partial charge is 0.313 e. The molecule has 1 saturated carbocycles. The van der Waals surface area contributed by atoms with Gasteiger partial charge in [-0.1, -0.05) is 12.8 Å². The van der Waals surface area contributed by atoms with Gasteiger partial charge in [0.05, 0.1) is 11.6 Å². The van der Waals surface area contributed by atoms with Crippen molar-refractivity contribution in [3.05, 3.63) is 35.1 Å². The summed E-state index contributed by atoms with van der Waals surface area (Å²) in [5, 5.41) is 12.0. The molecule has 2 rings (SSSR count). The Morgan fingerprint density at radius 1 is 1.35 bits per heavy atom. The lowest BCUT2D eigenvalue weighted by atomic mass is 10.1. The van der Waals surface area contributed by atoms with Crippen LogP contribution in [0.3, 0.4) is 0 Å². The normalized spacial score (nSPS) is 14.6. The van der Waals surface area contributed by atoms with Crippen molar-refractivity contribution >= 4 is 0 Å². The van der Waals surface area contributed by atoms with Gasteiger partial charge in [-0.3, -0.25) is 0 Å². The van der Waals surface area contributed by atoms with E-state index in [4.69, 9.17) is 5.26 Å². The van der Waals surface area contributed by atoms with E-state index in [1.54, 1.807) is 6.07 Å². The number of rotatable bonds is 6. The van der Waals surface area contributed by atoms with Crippen LogP contribution in [0, 0.1) is 23.1 Å². The molecule has 1 aromatic carbocycles. The fourth-order valence-electron chi connectivity index (χ4n) is 1.97. The zero-order valence-corrected chi connectivity index (χ0v) is 9.88. The molecule has 0 saturated heterocycles. The maximum absolute atomic E-state index is 13.1. The van der Waals surface area contributed by atoms with Crippen LogP contribution in [0.1, 0.15) is 36.8 Å². The molecule has 0 aromatic heterocycles. The van der Waals surface area contributed by atoms with E-state index in [0.29, 0.717) is 12.1 Å². The van der Waals surface area contributed by atoms with Gasteiger partial charge in [0.15, 0.2) is 0 Å². The Hall–Kier alpha value is -1.40. The summed E-state index contributed by atoms with van der Waals surface area (Å²) in [4.78, 5) is 0. The van der Waals surface area contributed by atoms with Gasteiger partial charge in [-0.2, -0.15) is 5.26 Å². The van der Waals surface area contributed by atoms with E-state index in [1.807, 2.05) is 6.07 Å². The van der Waals surface area contributed by atoms with E-state index < -0.39 is 0 Å². The van der Waals surface area contributed by atoms with Gasteiger partial charge in [-0.15, -0.1) is 0 Å². The van der Waals surface area contributed by atoms with Crippen LogP contribution >= 0.6 is 0 Å². The zero-order chi connectivity index (χ0) is 12.1. The lowest BCUT2D eigenvalue weighted by molar-refractivity contribution is 0.588. The molecule has 0 radical (unpaired) electrons. The topological polar surface area (TPSA) is 35.8 Å². The SMILES string of the molecule is N#Cc1cc(F)cc(CNCCCC2CC2)c1. The van der Waals surface area contributed by atoms with Gasteiger partial charge >= 0.3 is 0 Å². The van der Waals surface area contributed by atoms with Crippen LogP contribution in [0.25, 0.3) is 0 Å². The molecule has 17 heavy (non-hydrogen) atoms. The highest BCUT2D eigenvalue weighted by Crippen LogP contribution is 2.33. The van der Waals surface area contributed by atoms with Gasteiger partial charge in [0, 0.05) is 6.54 Å². The van der Waals surface area contributed by atoms with Crippen LogP contribution in [-0.2, 0) is 6.54 Å². The highest BCUT2D eigenvalue weighted by Gasteiger charge is 2.19. The highest BCUT2D eigenvalue weighted by molar-refractivity contribution is 5.33. The molecule has 1 fully saturated rings. The summed E-state index contributed by atoms with van der Waals surface area (Å²) in [6.45, 7) is 1.60. The highest BCUT2D eigenvalue weighted by atomic mass is 19.1. The van der Waals surface area contributed by atoms with Crippen molar-refractivity contribution in [2.75, 3.05) is 6.54 Å². The lowest BCUT2D eigenvalue weighted by Crippen LogP contribution is -2.15. The molecule has 0 atom stereocenters. The molecule has 0 spiro atoms. The minimum atomic E-state index is -0.334. The van der Waals surface area contributed by atoms with Gasteiger partial charge in [0.2, 0.25) is 0 Å². The van der Waals surface area contributed by atoms with E-state index in [0.717, 1.165) is 18.0 Å². The first-order valence-corrected chi connectivity index (χ1v) is 6.18. The third-order valence-electron chi connectivity index (χ3n) is 3.08. The summed E-state index contributed by atoms with van der Waals surface area (Å²) in [6.07, 6.45) is 5.29. The Labute approximate surface area is 101 Å². The summed E-state index contributed by atoms with van der Waals surface area (Å²) >= 11 is 0. The molecule has 0 bridgehead atoms. The first kappa shape index (κ1) is 12.1. The molecular formula is C14H17FN2. The number of benzene rings is 1. The second-order valence-electron chi connectivity index (χ2n) is 4.72. The number of hydrogen-bond donors (Lipinski definition) is 1. The van der Waals surface area contributed by atoms with Crippen LogP contribution < -0.4 is 5.32 Å². The van der Waals surface area contributed by atoms with Gasteiger partial charge in [-0.05, 0) is 49.1 Å². The molecule has 2 nitrogen and oxygen atoms in total. The summed E-state index contributed by atoms with van der Waals surface area (Å²) in [5.74, 6) is 0.634. The third kappa shape index (κ3) is 4.16. The molecule has 0 aliphatic heterocycles. The molecule has 3 heteroatoms. The monoisotopic (exact) mass is 232 g/mol. The second kappa shape index (κ2) is 5.79. The fourth-order valence-corrected chi connectivity index (χ4v) is 1.97. The van der Waals surface area contributed by atoms with Crippen LogP contribution in [0.15, 0.2) is 18.2 Å². The summed E-state index contributed by atoms with van der Waals surface area (Å²) in [7, 11) is 0. The first-order valence-electron chi connectivity index (χ1n) is 6.18. The Kier molecular flexibility index (Phi) is 4.11. The Morgan fingerprint density at radius 2 is 2.18 bits per heavy atom. The van der Waals surface area contributed by atoms with Gasteiger partial charge in [0.1, 0.15) is 5.82 Å².